The van der Waals surface area contributed by atoms with Gasteiger partial charge in [0, 0.05) is 15.8 Å². The second kappa shape index (κ2) is 12.0. The molecule has 3 aromatic carbocycles. The van der Waals surface area contributed by atoms with E-state index in [0.717, 1.165) is 27.1 Å². The highest BCUT2D eigenvalue weighted by Gasteiger charge is 2.02. The first-order valence-corrected chi connectivity index (χ1v) is 11.2. The molecule has 0 aliphatic heterocycles. The van der Waals surface area contributed by atoms with Crippen LogP contribution in [0, 0.1) is 0 Å². The molecule has 0 bridgehead atoms. The van der Waals surface area contributed by atoms with Crippen LogP contribution in [0.15, 0.2) is 99.6 Å². The van der Waals surface area contributed by atoms with Gasteiger partial charge in [0.25, 0.3) is 0 Å². The summed E-state index contributed by atoms with van der Waals surface area (Å²) in [6.45, 7) is 0.454. The maximum absolute atomic E-state index is 5.96. The molecule has 0 aliphatic rings. The van der Waals surface area contributed by atoms with Crippen molar-refractivity contribution in [1.29, 1.82) is 0 Å². The molecule has 0 saturated heterocycles. The Kier molecular flexibility index (Phi) is 8.75. The van der Waals surface area contributed by atoms with E-state index in [-0.39, 0.29) is 0 Å². The Morgan fingerprint density at radius 3 is 2.50 bits per heavy atom. The Balaban J connectivity index is 1.58. The predicted octanol–water partition coefficient (Wildman–Crippen LogP) is 6.12. The average molecular weight is 480 g/mol. The first-order valence-electron chi connectivity index (χ1n) is 9.38. The molecule has 0 atom stereocenters. The van der Waals surface area contributed by atoms with Crippen LogP contribution in [0.25, 0.3) is 6.08 Å². The maximum Gasteiger partial charge on any atom is 0.180 e. The normalized spacial score (nSPS) is 12.0. The van der Waals surface area contributed by atoms with Crippen molar-refractivity contribution in [2.24, 2.45) is 15.9 Å². The van der Waals surface area contributed by atoms with Gasteiger partial charge in [0.05, 0.1) is 6.21 Å². The zero-order valence-corrected chi connectivity index (χ0v) is 18.7. The SMILES string of the molecule is NC(=NN=Cc1cc(Br)ccc1OCC=Cc1ccccc1)SCc1ccccc1. The lowest BCUT2D eigenvalue weighted by atomic mass is 10.2. The Bertz CT molecular complexity index is 1020. The van der Waals surface area contributed by atoms with Gasteiger partial charge in [0.1, 0.15) is 12.4 Å². The minimum atomic E-state index is 0.415. The molecule has 0 heterocycles. The van der Waals surface area contributed by atoms with Gasteiger partial charge in [0.2, 0.25) is 0 Å². The second-order valence-electron chi connectivity index (χ2n) is 6.26. The van der Waals surface area contributed by atoms with Gasteiger partial charge in [-0.1, -0.05) is 94.4 Å². The molecule has 0 aromatic heterocycles. The van der Waals surface area contributed by atoms with Crippen molar-refractivity contribution in [2.75, 3.05) is 6.61 Å². The number of nitrogens with two attached hydrogens (primary N) is 1. The molecule has 3 rings (SSSR count). The summed E-state index contributed by atoms with van der Waals surface area (Å²) < 4.78 is 6.83. The highest BCUT2D eigenvalue weighted by Crippen LogP contribution is 2.22. The number of hydrogen-bond donors (Lipinski definition) is 1. The van der Waals surface area contributed by atoms with Gasteiger partial charge in [-0.2, -0.15) is 5.10 Å². The number of rotatable bonds is 8. The molecule has 152 valence electrons. The Morgan fingerprint density at radius 1 is 1.00 bits per heavy atom. The fourth-order valence-corrected chi connectivity index (χ4v) is 3.54. The summed E-state index contributed by atoms with van der Waals surface area (Å²) in [7, 11) is 0. The van der Waals surface area contributed by atoms with Gasteiger partial charge in [-0.05, 0) is 35.4 Å². The van der Waals surface area contributed by atoms with Gasteiger partial charge in [-0.25, -0.2) is 0 Å². The van der Waals surface area contributed by atoms with Crippen LogP contribution < -0.4 is 10.5 Å². The van der Waals surface area contributed by atoms with Crippen LogP contribution in [0.4, 0.5) is 0 Å². The molecule has 0 amide bonds. The van der Waals surface area contributed by atoms with Crippen LogP contribution in [0.3, 0.4) is 0 Å². The molecule has 2 N–H and O–H groups in total. The summed E-state index contributed by atoms with van der Waals surface area (Å²) in [6.07, 6.45) is 5.66. The number of hydrogen-bond acceptors (Lipinski definition) is 4. The Morgan fingerprint density at radius 2 is 1.73 bits per heavy atom. The Labute approximate surface area is 189 Å². The smallest absolute Gasteiger partial charge is 0.180 e. The highest BCUT2D eigenvalue weighted by molar-refractivity contribution is 9.10. The quantitative estimate of drug-likeness (QED) is 0.240. The molecule has 6 heteroatoms. The molecule has 0 saturated carbocycles. The summed E-state index contributed by atoms with van der Waals surface area (Å²) in [6, 6.07) is 26.0. The first-order chi connectivity index (χ1) is 14.7. The van der Waals surface area contributed by atoms with Crippen LogP contribution >= 0.6 is 27.7 Å². The van der Waals surface area contributed by atoms with Crippen LogP contribution in [0.2, 0.25) is 0 Å². The summed E-state index contributed by atoms with van der Waals surface area (Å²) in [4.78, 5) is 0. The van der Waals surface area contributed by atoms with E-state index in [9.17, 15) is 0 Å². The topological polar surface area (TPSA) is 60.0 Å². The molecule has 3 aromatic rings. The van der Waals surface area contributed by atoms with Crippen molar-refractivity contribution in [2.45, 2.75) is 5.75 Å². The highest BCUT2D eigenvalue weighted by atomic mass is 79.9. The number of benzene rings is 3. The first kappa shape index (κ1) is 21.9. The predicted molar refractivity (Wildman–Crippen MR) is 132 cm³/mol. The van der Waals surface area contributed by atoms with Gasteiger partial charge < -0.3 is 10.5 Å². The van der Waals surface area contributed by atoms with Crippen LogP contribution in [0.5, 0.6) is 5.75 Å². The van der Waals surface area contributed by atoms with Crippen LogP contribution in [0.1, 0.15) is 16.7 Å². The van der Waals surface area contributed by atoms with E-state index in [0.29, 0.717) is 11.8 Å². The number of ether oxygens (including phenoxy) is 1. The van der Waals surface area contributed by atoms with E-state index in [1.807, 2.05) is 78.9 Å². The van der Waals surface area contributed by atoms with E-state index >= 15 is 0 Å². The molecule has 0 radical (unpaired) electrons. The summed E-state index contributed by atoms with van der Waals surface area (Å²) >= 11 is 4.94. The summed E-state index contributed by atoms with van der Waals surface area (Å²) in [5.74, 6) is 1.48. The minimum Gasteiger partial charge on any atom is -0.489 e. The third kappa shape index (κ3) is 7.54. The van der Waals surface area contributed by atoms with E-state index in [1.54, 1.807) is 6.21 Å². The minimum absolute atomic E-state index is 0.415. The van der Waals surface area contributed by atoms with E-state index in [1.165, 1.54) is 17.3 Å². The van der Waals surface area contributed by atoms with Crippen LogP contribution in [-0.2, 0) is 5.75 Å². The van der Waals surface area contributed by atoms with E-state index < -0.39 is 0 Å². The van der Waals surface area contributed by atoms with E-state index in [2.05, 4.69) is 38.3 Å². The van der Waals surface area contributed by atoms with Crippen molar-refractivity contribution >= 4 is 45.2 Å². The second-order valence-corrected chi connectivity index (χ2v) is 8.17. The lowest BCUT2D eigenvalue weighted by Crippen LogP contribution is -2.06. The maximum atomic E-state index is 5.96. The van der Waals surface area contributed by atoms with Crippen molar-refractivity contribution in [3.8, 4) is 5.75 Å². The number of amidine groups is 1. The van der Waals surface area contributed by atoms with Crippen molar-refractivity contribution in [3.63, 3.8) is 0 Å². The molecule has 0 spiro atoms. The van der Waals surface area contributed by atoms with Crippen molar-refractivity contribution in [3.05, 3.63) is 106 Å². The zero-order chi connectivity index (χ0) is 21.0. The monoisotopic (exact) mass is 479 g/mol. The third-order valence-electron chi connectivity index (χ3n) is 4.00. The molecule has 0 fully saturated rings. The van der Waals surface area contributed by atoms with Gasteiger partial charge in [0.15, 0.2) is 5.17 Å². The summed E-state index contributed by atoms with van der Waals surface area (Å²) in [5.41, 5.74) is 9.10. The largest absolute Gasteiger partial charge is 0.489 e. The molecule has 4 nitrogen and oxygen atoms in total. The Hall–Kier alpha value is -2.83. The molecule has 0 aliphatic carbocycles. The summed E-state index contributed by atoms with van der Waals surface area (Å²) in [5, 5.41) is 8.63. The zero-order valence-electron chi connectivity index (χ0n) is 16.3. The standard InChI is InChI=1S/C24H22BrN3OS/c25-22-13-14-23(29-15-7-12-19-8-3-1-4-9-19)21(16-22)17-27-28-24(26)30-18-20-10-5-2-6-11-20/h1-14,16-17H,15,18H2,(H2,26,28). The lowest BCUT2D eigenvalue weighted by molar-refractivity contribution is 0.363. The molecular formula is C24H22BrN3OS. The fourth-order valence-electron chi connectivity index (χ4n) is 2.55. The van der Waals surface area contributed by atoms with Crippen LogP contribution in [-0.4, -0.2) is 18.0 Å². The molecular weight excluding hydrogens is 458 g/mol. The number of thioether (sulfide) groups is 1. The number of nitrogens with zero attached hydrogens (tertiary/aromatic N) is 2. The van der Waals surface area contributed by atoms with Gasteiger partial charge >= 0.3 is 0 Å². The average Bonchev–Trinajstić information content (AvgIpc) is 2.78. The molecule has 30 heavy (non-hydrogen) atoms. The fraction of sp³-hybridized carbons (Fsp3) is 0.0833. The lowest BCUT2D eigenvalue weighted by Gasteiger charge is -2.07. The van der Waals surface area contributed by atoms with Gasteiger partial charge in [-0.15, -0.1) is 5.10 Å². The number of halogens is 1. The van der Waals surface area contributed by atoms with Crippen molar-refractivity contribution in [1.82, 2.24) is 0 Å². The molecule has 0 unspecified atom stereocenters. The van der Waals surface area contributed by atoms with E-state index in [4.69, 9.17) is 10.5 Å². The third-order valence-corrected chi connectivity index (χ3v) is 5.35. The van der Waals surface area contributed by atoms with Crippen molar-refractivity contribution < 1.29 is 4.74 Å². The van der Waals surface area contributed by atoms with Gasteiger partial charge in [-0.3, -0.25) is 0 Å².